The van der Waals surface area contributed by atoms with Crippen LogP contribution in [0.25, 0.3) is 0 Å². The van der Waals surface area contributed by atoms with Crippen molar-refractivity contribution >= 4 is 30.0 Å². The molecule has 33 heavy (non-hydrogen) atoms. The third-order valence-electron chi connectivity index (χ3n) is 5.49. The van der Waals surface area contributed by atoms with E-state index >= 15 is 0 Å². The molecule has 0 aromatic heterocycles. The summed E-state index contributed by atoms with van der Waals surface area (Å²) in [5, 5.41) is 14.8. The van der Waals surface area contributed by atoms with Gasteiger partial charge in [-0.25, -0.2) is 9.79 Å². The Bertz CT molecular complexity index is 1020. The molecule has 2 atom stereocenters. The van der Waals surface area contributed by atoms with Crippen LogP contribution in [0.4, 0.5) is 5.69 Å². The maximum absolute atomic E-state index is 13.0. The zero-order valence-electron chi connectivity index (χ0n) is 19.5. The Kier molecular flexibility index (Phi) is 8.63. The molecule has 2 aliphatic heterocycles. The molecule has 9 nitrogen and oxygen atoms in total. The van der Waals surface area contributed by atoms with Crippen molar-refractivity contribution in [1.29, 1.82) is 0 Å². The highest BCUT2D eigenvalue weighted by molar-refractivity contribution is 6.03. The number of carbonyl (C=O) groups excluding carboxylic acids is 1. The van der Waals surface area contributed by atoms with Crippen LogP contribution in [0.3, 0.4) is 0 Å². The van der Waals surface area contributed by atoms with Gasteiger partial charge in [-0.15, -0.1) is 12.4 Å². The first-order valence-electron chi connectivity index (χ1n) is 10.6. The fourth-order valence-electron chi connectivity index (χ4n) is 4.11. The Hall–Kier alpha value is -2.91. The number of carbonyl (C=O) groups is 1. The first-order valence-corrected chi connectivity index (χ1v) is 10.6. The van der Waals surface area contributed by atoms with Gasteiger partial charge in [0.15, 0.2) is 0 Å². The minimum atomic E-state index is -0.631. The maximum atomic E-state index is 13.0. The van der Waals surface area contributed by atoms with Gasteiger partial charge in [0.05, 0.1) is 29.6 Å². The van der Waals surface area contributed by atoms with Crippen LogP contribution in [-0.2, 0) is 19.0 Å². The van der Waals surface area contributed by atoms with E-state index in [1.807, 2.05) is 13.8 Å². The molecule has 2 unspecified atom stereocenters. The van der Waals surface area contributed by atoms with E-state index in [-0.39, 0.29) is 24.7 Å². The van der Waals surface area contributed by atoms with Crippen LogP contribution in [0.5, 0.6) is 0 Å². The highest BCUT2D eigenvalue weighted by Crippen LogP contribution is 2.42. The number of allylic oxidation sites excluding steroid dienone is 2. The van der Waals surface area contributed by atoms with Gasteiger partial charge in [-0.05, 0) is 32.8 Å². The van der Waals surface area contributed by atoms with Crippen molar-refractivity contribution in [2.24, 2.45) is 4.99 Å². The number of ether oxygens (including phenoxy) is 3. The number of dihydropyridines is 1. The maximum Gasteiger partial charge on any atom is 0.336 e. The summed E-state index contributed by atoms with van der Waals surface area (Å²) < 4.78 is 16.7. The molecule has 0 fully saturated rings. The lowest BCUT2D eigenvalue weighted by atomic mass is 9.79. The zero-order valence-corrected chi connectivity index (χ0v) is 20.3. The lowest BCUT2D eigenvalue weighted by molar-refractivity contribution is -0.384. The van der Waals surface area contributed by atoms with Crippen molar-refractivity contribution in [1.82, 2.24) is 5.32 Å². The van der Waals surface area contributed by atoms with Gasteiger partial charge in [0.2, 0.25) is 5.90 Å². The molecule has 0 saturated heterocycles. The van der Waals surface area contributed by atoms with Gasteiger partial charge in [-0.2, -0.15) is 0 Å². The summed E-state index contributed by atoms with van der Waals surface area (Å²) in [7, 11) is 1.61. The predicted octanol–water partition coefficient (Wildman–Crippen LogP) is 4.04. The van der Waals surface area contributed by atoms with Crippen LogP contribution in [0.15, 0.2) is 51.8 Å². The molecule has 0 saturated carbocycles. The summed E-state index contributed by atoms with van der Waals surface area (Å²) >= 11 is 0. The minimum absolute atomic E-state index is 0. The number of halogens is 1. The Morgan fingerprint density at radius 2 is 2.12 bits per heavy atom. The number of esters is 1. The molecule has 180 valence electrons. The van der Waals surface area contributed by atoms with Gasteiger partial charge in [-0.3, -0.25) is 10.1 Å². The normalized spacial score (nSPS) is 22.2. The van der Waals surface area contributed by atoms with E-state index in [0.717, 1.165) is 5.70 Å². The molecular formula is C23H30ClN3O6. The van der Waals surface area contributed by atoms with Crippen molar-refractivity contribution in [2.45, 2.75) is 45.6 Å². The highest BCUT2D eigenvalue weighted by atomic mass is 35.5. The average Bonchev–Trinajstić information content (AvgIpc) is 3.14. The standard InChI is InChI=1S/C23H29N3O6.ClH/c1-6-17-20(21-25-23(4,12-30-5)13-32-21)19(15-9-8-10-16(11-15)26(28)29)18(14(3)24-17)22(27)31-7-2;/h8-11,19,24H,6-7,12-13H2,1-5H3;1H. The highest BCUT2D eigenvalue weighted by Gasteiger charge is 2.42. The van der Waals surface area contributed by atoms with Crippen LogP contribution in [0, 0.1) is 10.1 Å². The lowest BCUT2D eigenvalue weighted by Gasteiger charge is -2.32. The molecule has 2 aliphatic rings. The van der Waals surface area contributed by atoms with E-state index in [9.17, 15) is 14.9 Å². The quantitative estimate of drug-likeness (QED) is 0.340. The molecule has 0 amide bonds. The Labute approximate surface area is 199 Å². The second kappa shape index (κ2) is 10.8. The first kappa shape index (κ1) is 26.3. The summed E-state index contributed by atoms with van der Waals surface area (Å²) in [5.41, 5.74) is 2.51. The summed E-state index contributed by atoms with van der Waals surface area (Å²) in [6, 6.07) is 6.30. The van der Waals surface area contributed by atoms with E-state index in [0.29, 0.717) is 47.9 Å². The fourth-order valence-corrected chi connectivity index (χ4v) is 4.11. The molecular weight excluding hydrogens is 450 g/mol. The summed E-state index contributed by atoms with van der Waals surface area (Å²) in [4.78, 5) is 28.8. The van der Waals surface area contributed by atoms with Crippen molar-refractivity contribution in [3.8, 4) is 0 Å². The second-order valence-corrected chi connectivity index (χ2v) is 8.05. The van der Waals surface area contributed by atoms with E-state index < -0.39 is 22.3 Å². The molecule has 1 aromatic rings. The average molecular weight is 480 g/mol. The third-order valence-corrected chi connectivity index (χ3v) is 5.49. The monoisotopic (exact) mass is 479 g/mol. The van der Waals surface area contributed by atoms with Crippen LogP contribution in [-0.4, -0.2) is 49.3 Å². The van der Waals surface area contributed by atoms with Gasteiger partial charge < -0.3 is 19.5 Å². The SMILES string of the molecule is CCOC(=O)C1=C(C)NC(CC)=C(C2=NC(C)(COC)CO2)C1c1cccc([N+](=O)[O-])c1.Cl. The largest absolute Gasteiger partial charge is 0.475 e. The second-order valence-electron chi connectivity index (χ2n) is 8.05. The van der Waals surface area contributed by atoms with Crippen molar-refractivity contribution in [2.75, 3.05) is 26.9 Å². The van der Waals surface area contributed by atoms with Gasteiger partial charge in [0.1, 0.15) is 12.1 Å². The topological polar surface area (TPSA) is 112 Å². The number of aliphatic imine (C=N–C) groups is 1. The summed E-state index contributed by atoms with van der Waals surface area (Å²) in [6.07, 6.45) is 0.623. The Morgan fingerprint density at radius 3 is 2.73 bits per heavy atom. The van der Waals surface area contributed by atoms with Crippen molar-refractivity contribution in [3.63, 3.8) is 0 Å². The van der Waals surface area contributed by atoms with E-state index in [1.165, 1.54) is 12.1 Å². The molecule has 1 aromatic carbocycles. The first-order chi connectivity index (χ1) is 15.2. The number of methoxy groups -OCH3 is 1. The predicted molar refractivity (Wildman–Crippen MR) is 127 cm³/mol. The number of non-ortho nitro benzene ring substituents is 1. The molecule has 3 rings (SSSR count). The Morgan fingerprint density at radius 1 is 1.39 bits per heavy atom. The smallest absolute Gasteiger partial charge is 0.336 e. The number of hydrogen-bond acceptors (Lipinski definition) is 8. The molecule has 0 bridgehead atoms. The number of hydrogen-bond donors (Lipinski definition) is 1. The molecule has 0 aliphatic carbocycles. The molecule has 2 heterocycles. The summed E-state index contributed by atoms with van der Waals surface area (Å²) in [5.74, 6) is -0.714. The van der Waals surface area contributed by atoms with E-state index in [1.54, 1.807) is 33.1 Å². The summed E-state index contributed by atoms with van der Waals surface area (Å²) in [6.45, 7) is 8.37. The zero-order chi connectivity index (χ0) is 23.5. The van der Waals surface area contributed by atoms with Gasteiger partial charge in [0, 0.05) is 36.2 Å². The minimum Gasteiger partial charge on any atom is -0.475 e. The number of nitro groups is 1. The van der Waals surface area contributed by atoms with Crippen molar-refractivity contribution < 1.29 is 23.9 Å². The van der Waals surface area contributed by atoms with Gasteiger partial charge in [0.25, 0.3) is 5.69 Å². The number of nitrogens with one attached hydrogen (secondary N) is 1. The number of nitro benzene ring substituents is 1. The molecule has 0 spiro atoms. The molecule has 10 heteroatoms. The number of benzene rings is 1. The number of rotatable bonds is 8. The third kappa shape index (κ3) is 5.36. The van der Waals surface area contributed by atoms with E-state index in [2.05, 4.69) is 5.32 Å². The van der Waals surface area contributed by atoms with Crippen LogP contribution in [0.2, 0.25) is 0 Å². The van der Waals surface area contributed by atoms with Crippen LogP contribution < -0.4 is 5.32 Å². The lowest BCUT2D eigenvalue weighted by Crippen LogP contribution is -2.32. The van der Waals surface area contributed by atoms with Gasteiger partial charge >= 0.3 is 5.97 Å². The fraction of sp³-hybridized carbons (Fsp3) is 0.478. The van der Waals surface area contributed by atoms with E-state index in [4.69, 9.17) is 19.2 Å². The molecule has 1 N–H and O–H groups in total. The number of nitrogens with zero attached hydrogens (tertiary/aromatic N) is 2. The Balaban J connectivity index is 0.00000385. The van der Waals surface area contributed by atoms with Gasteiger partial charge in [-0.1, -0.05) is 19.1 Å². The molecule has 0 radical (unpaired) electrons. The van der Waals surface area contributed by atoms with Crippen molar-refractivity contribution in [3.05, 3.63) is 62.5 Å². The van der Waals surface area contributed by atoms with Crippen LogP contribution >= 0.6 is 12.4 Å². The van der Waals surface area contributed by atoms with Crippen LogP contribution in [0.1, 0.15) is 45.6 Å².